The Kier molecular flexibility index (Phi) is 5.93. The average molecular weight is 388 g/mol. The van der Waals surface area contributed by atoms with Crippen molar-refractivity contribution in [1.82, 2.24) is 5.32 Å². The molecule has 1 aromatic carbocycles. The standard InChI is InChI=1S/C16H19ClFN3O3S/c17-8-15(25)19-9-12-10-21(16(22)24-12)11-1-2-14(13(18)7-11)20-3-5-23-6-4-20/h1-2,7,12H,3-6,8-10H2,(H,19,25). The van der Waals surface area contributed by atoms with Crippen LogP contribution in [0.1, 0.15) is 0 Å². The van der Waals surface area contributed by atoms with E-state index in [4.69, 9.17) is 33.3 Å². The van der Waals surface area contributed by atoms with Gasteiger partial charge in [0.1, 0.15) is 11.9 Å². The van der Waals surface area contributed by atoms with Crippen LogP contribution in [0.3, 0.4) is 0 Å². The Balaban J connectivity index is 1.66. The highest BCUT2D eigenvalue weighted by Gasteiger charge is 2.32. The number of hydrogen-bond donors (Lipinski definition) is 1. The first-order chi connectivity index (χ1) is 12.1. The predicted molar refractivity (Wildman–Crippen MR) is 98.4 cm³/mol. The summed E-state index contributed by atoms with van der Waals surface area (Å²) in [5.74, 6) is -0.148. The molecule has 0 bridgehead atoms. The number of anilines is 2. The number of nitrogens with one attached hydrogen (secondary N) is 1. The molecule has 9 heteroatoms. The monoisotopic (exact) mass is 387 g/mol. The summed E-state index contributed by atoms with van der Waals surface area (Å²) in [6.45, 7) is 3.17. The van der Waals surface area contributed by atoms with Gasteiger partial charge in [0, 0.05) is 13.1 Å². The minimum atomic E-state index is -0.498. The molecule has 2 fully saturated rings. The number of ether oxygens (including phenoxy) is 2. The summed E-state index contributed by atoms with van der Waals surface area (Å²) in [5, 5.41) is 2.93. The minimum Gasteiger partial charge on any atom is -0.442 e. The fourth-order valence-electron chi connectivity index (χ4n) is 2.84. The van der Waals surface area contributed by atoms with Crippen LogP contribution >= 0.6 is 23.8 Å². The number of carbonyl (C=O) groups is 1. The number of halogens is 2. The second-order valence-corrected chi connectivity index (χ2v) is 6.55. The maximum Gasteiger partial charge on any atom is 0.414 e. The highest BCUT2D eigenvalue weighted by atomic mass is 35.5. The van der Waals surface area contributed by atoms with Crippen molar-refractivity contribution in [3.63, 3.8) is 0 Å². The molecular formula is C16H19ClFN3O3S. The van der Waals surface area contributed by atoms with Crippen LogP contribution in [-0.2, 0) is 9.47 Å². The van der Waals surface area contributed by atoms with Crippen molar-refractivity contribution in [2.75, 3.05) is 55.1 Å². The van der Waals surface area contributed by atoms with Gasteiger partial charge in [0.05, 0.1) is 48.5 Å². The summed E-state index contributed by atoms with van der Waals surface area (Å²) in [5.41, 5.74) is 0.993. The number of nitrogens with zero attached hydrogens (tertiary/aromatic N) is 2. The molecule has 3 rings (SSSR count). The summed E-state index contributed by atoms with van der Waals surface area (Å²) in [7, 11) is 0. The Morgan fingerprint density at radius 3 is 2.84 bits per heavy atom. The van der Waals surface area contributed by atoms with Crippen molar-refractivity contribution >= 4 is 46.3 Å². The lowest BCUT2D eigenvalue weighted by Crippen LogP contribution is -2.37. The molecule has 2 saturated heterocycles. The summed E-state index contributed by atoms with van der Waals surface area (Å²) in [4.78, 5) is 15.9. The number of benzene rings is 1. The second kappa shape index (κ2) is 8.16. The maximum atomic E-state index is 14.5. The van der Waals surface area contributed by atoms with Crippen LogP contribution < -0.4 is 15.1 Å². The van der Waals surface area contributed by atoms with Gasteiger partial charge in [-0.1, -0.05) is 12.2 Å². The van der Waals surface area contributed by atoms with E-state index in [1.54, 1.807) is 12.1 Å². The van der Waals surface area contributed by atoms with Crippen LogP contribution in [-0.4, -0.2) is 62.5 Å². The molecule has 0 aliphatic carbocycles. The third-order valence-corrected chi connectivity index (χ3v) is 4.83. The summed E-state index contributed by atoms with van der Waals surface area (Å²) >= 11 is 10.6. The van der Waals surface area contributed by atoms with Gasteiger partial charge in [-0.2, -0.15) is 0 Å². The number of amides is 1. The second-order valence-electron chi connectivity index (χ2n) is 5.79. The van der Waals surface area contributed by atoms with Gasteiger partial charge in [-0.15, -0.1) is 11.6 Å². The lowest BCUT2D eigenvalue weighted by Gasteiger charge is -2.29. The number of alkyl halides is 1. The van der Waals surface area contributed by atoms with Crippen LogP contribution in [0.2, 0.25) is 0 Å². The van der Waals surface area contributed by atoms with Crippen LogP contribution in [0.15, 0.2) is 18.2 Å². The smallest absolute Gasteiger partial charge is 0.414 e. The van der Waals surface area contributed by atoms with Crippen molar-refractivity contribution in [3.05, 3.63) is 24.0 Å². The Labute approximate surface area is 155 Å². The number of carbonyl (C=O) groups excluding carboxylic acids is 1. The van der Waals surface area contributed by atoms with Crippen LogP contribution in [0.25, 0.3) is 0 Å². The third kappa shape index (κ3) is 4.31. The average Bonchev–Trinajstić information content (AvgIpc) is 3.01. The molecular weight excluding hydrogens is 369 g/mol. The van der Waals surface area contributed by atoms with Crippen LogP contribution in [0.4, 0.5) is 20.6 Å². The predicted octanol–water partition coefficient (Wildman–Crippen LogP) is 2.14. The molecule has 0 aromatic heterocycles. The van der Waals surface area contributed by atoms with E-state index in [-0.39, 0.29) is 17.8 Å². The minimum absolute atomic E-state index is 0.216. The van der Waals surface area contributed by atoms with Gasteiger partial charge in [-0.3, -0.25) is 4.90 Å². The molecule has 6 nitrogen and oxygen atoms in total. The summed E-state index contributed by atoms with van der Waals surface area (Å²) in [6, 6.07) is 4.79. The fourth-order valence-corrected chi connectivity index (χ4v) is 3.02. The number of cyclic esters (lactones) is 1. The van der Waals surface area contributed by atoms with Gasteiger partial charge in [-0.05, 0) is 18.2 Å². The normalized spacial score (nSPS) is 20.6. The zero-order valence-corrected chi connectivity index (χ0v) is 15.1. The number of thiocarbonyl (C=S) groups is 1. The molecule has 1 amide bonds. The van der Waals surface area contributed by atoms with Crippen LogP contribution in [0.5, 0.6) is 0 Å². The molecule has 2 aliphatic rings. The van der Waals surface area contributed by atoms with Gasteiger partial charge in [0.15, 0.2) is 0 Å². The van der Waals surface area contributed by atoms with E-state index < -0.39 is 6.09 Å². The zero-order valence-electron chi connectivity index (χ0n) is 13.5. The summed E-state index contributed by atoms with van der Waals surface area (Å²) in [6.07, 6.45) is -0.863. The molecule has 2 aliphatic heterocycles. The van der Waals surface area contributed by atoms with Crippen molar-refractivity contribution in [2.24, 2.45) is 0 Å². The van der Waals surface area contributed by atoms with E-state index in [0.717, 1.165) is 0 Å². The Bertz CT molecular complexity index is 658. The number of hydrogen-bond acceptors (Lipinski definition) is 5. The molecule has 0 spiro atoms. The van der Waals surface area contributed by atoms with E-state index >= 15 is 0 Å². The van der Waals surface area contributed by atoms with E-state index in [2.05, 4.69) is 5.32 Å². The molecule has 1 unspecified atom stereocenters. The van der Waals surface area contributed by atoms with Crippen molar-refractivity contribution in [2.45, 2.75) is 6.10 Å². The third-order valence-electron chi connectivity index (χ3n) is 4.12. The first-order valence-corrected chi connectivity index (χ1v) is 8.96. The fraction of sp³-hybridized carbons (Fsp3) is 0.500. The largest absolute Gasteiger partial charge is 0.442 e. The van der Waals surface area contributed by atoms with E-state index in [1.165, 1.54) is 11.0 Å². The van der Waals surface area contributed by atoms with Crippen molar-refractivity contribution in [1.29, 1.82) is 0 Å². The van der Waals surface area contributed by atoms with Gasteiger partial charge in [-0.25, -0.2) is 9.18 Å². The molecule has 25 heavy (non-hydrogen) atoms. The number of morpholine rings is 1. The first-order valence-electron chi connectivity index (χ1n) is 8.01. The maximum absolute atomic E-state index is 14.5. The Morgan fingerprint density at radius 2 is 2.16 bits per heavy atom. The molecule has 0 saturated carbocycles. The lowest BCUT2D eigenvalue weighted by molar-refractivity contribution is 0.122. The molecule has 2 heterocycles. The molecule has 1 N–H and O–H groups in total. The molecule has 1 aromatic rings. The van der Waals surface area contributed by atoms with E-state index in [0.29, 0.717) is 55.8 Å². The van der Waals surface area contributed by atoms with Crippen molar-refractivity contribution < 1.29 is 18.7 Å². The quantitative estimate of drug-likeness (QED) is 0.617. The van der Waals surface area contributed by atoms with E-state index in [9.17, 15) is 9.18 Å². The highest BCUT2D eigenvalue weighted by Crippen LogP contribution is 2.28. The SMILES string of the molecule is O=C1OC(CNC(=S)CCl)CN1c1ccc(N2CCOCC2)c(F)c1. The Morgan fingerprint density at radius 1 is 1.40 bits per heavy atom. The van der Waals surface area contributed by atoms with Gasteiger partial charge >= 0.3 is 6.09 Å². The topological polar surface area (TPSA) is 54.0 Å². The Hall–Kier alpha value is -1.64. The molecule has 1 atom stereocenters. The van der Waals surface area contributed by atoms with E-state index in [1.807, 2.05) is 4.90 Å². The molecule has 136 valence electrons. The van der Waals surface area contributed by atoms with Gasteiger partial charge in [0.25, 0.3) is 0 Å². The van der Waals surface area contributed by atoms with Gasteiger partial charge < -0.3 is 19.7 Å². The molecule has 0 radical (unpaired) electrons. The van der Waals surface area contributed by atoms with Gasteiger partial charge in [0.2, 0.25) is 0 Å². The first kappa shape index (κ1) is 18.2. The lowest BCUT2D eigenvalue weighted by atomic mass is 10.2. The summed E-state index contributed by atoms with van der Waals surface area (Å²) < 4.78 is 25.1. The van der Waals surface area contributed by atoms with Crippen molar-refractivity contribution in [3.8, 4) is 0 Å². The number of rotatable bonds is 5. The highest BCUT2D eigenvalue weighted by molar-refractivity contribution is 7.80. The zero-order chi connectivity index (χ0) is 17.8. The van der Waals surface area contributed by atoms with Crippen LogP contribution in [0, 0.1) is 5.82 Å².